The maximum Gasteiger partial charge on any atom is 0.206 e. The first-order chi connectivity index (χ1) is 10.2. The van der Waals surface area contributed by atoms with Crippen molar-refractivity contribution in [1.29, 1.82) is 5.26 Å². The van der Waals surface area contributed by atoms with E-state index in [9.17, 15) is 0 Å². The highest BCUT2D eigenvalue weighted by molar-refractivity contribution is 6.38. The first kappa shape index (κ1) is 14.2. The summed E-state index contributed by atoms with van der Waals surface area (Å²) in [5.41, 5.74) is 4.68. The Kier molecular flexibility index (Phi) is 4.23. The maximum absolute atomic E-state index is 8.75. The van der Waals surface area contributed by atoms with Crippen LogP contribution in [-0.2, 0) is 0 Å². The van der Waals surface area contributed by atoms with Crippen molar-refractivity contribution < 1.29 is 0 Å². The molecule has 1 aromatic rings. The molecule has 0 fully saturated rings. The van der Waals surface area contributed by atoms with E-state index in [2.05, 4.69) is 21.6 Å². The standard InChI is InChI=1S/C17H12N4/c1-4-13-5-7-14(8-6-13)15-10-16(20-11-18)12(2)9-17(15)21-19-3/h4-10H,1H2,2H3/b20-16?,21-17-. The molecular weight excluding hydrogens is 260 g/mol. The lowest BCUT2D eigenvalue weighted by Gasteiger charge is -2.13. The lowest BCUT2D eigenvalue weighted by Crippen LogP contribution is -2.11. The molecule has 1 aliphatic carbocycles. The van der Waals surface area contributed by atoms with Gasteiger partial charge in [0, 0.05) is 5.57 Å². The zero-order valence-electron chi connectivity index (χ0n) is 11.5. The molecule has 0 aliphatic heterocycles. The van der Waals surface area contributed by atoms with Gasteiger partial charge in [-0.15, -0.1) is 4.95 Å². The molecule has 100 valence electrons. The van der Waals surface area contributed by atoms with Gasteiger partial charge in [-0.2, -0.15) is 16.8 Å². The Hall–Kier alpha value is -3.24. The fourth-order valence-corrected chi connectivity index (χ4v) is 2.02. The van der Waals surface area contributed by atoms with Gasteiger partial charge in [0.1, 0.15) is 0 Å². The van der Waals surface area contributed by atoms with Gasteiger partial charge in [0.15, 0.2) is 5.71 Å². The molecule has 0 unspecified atom stereocenters. The van der Waals surface area contributed by atoms with Gasteiger partial charge in [-0.25, -0.2) is 0 Å². The molecule has 0 N–H and O–H groups in total. The number of benzene rings is 1. The maximum atomic E-state index is 8.75. The van der Waals surface area contributed by atoms with Crippen LogP contribution in [0.15, 0.2) is 58.7 Å². The zero-order chi connectivity index (χ0) is 15.2. The van der Waals surface area contributed by atoms with E-state index in [0.29, 0.717) is 11.4 Å². The van der Waals surface area contributed by atoms with Crippen LogP contribution in [0.4, 0.5) is 0 Å². The van der Waals surface area contributed by atoms with Crippen LogP contribution in [0.1, 0.15) is 18.1 Å². The van der Waals surface area contributed by atoms with Crippen molar-refractivity contribution in [3.05, 3.63) is 71.2 Å². The van der Waals surface area contributed by atoms with E-state index in [0.717, 1.165) is 22.3 Å². The lowest BCUT2D eigenvalue weighted by atomic mass is 9.91. The summed E-state index contributed by atoms with van der Waals surface area (Å²) in [4.78, 5) is 6.90. The van der Waals surface area contributed by atoms with Crippen LogP contribution in [0.2, 0.25) is 0 Å². The minimum Gasteiger partial charge on any atom is -0.181 e. The number of nitrogens with zero attached hydrogens (tertiary/aromatic N) is 4. The highest BCUT2D eigenvalue weighted by atomic mass is 15.2. The molecule has 0 radical (unpaired) electrons. The molecule has 1 aromatic carbocycles. The van der Waals surface area contributed by atoms with E-state index < -0.39 is 0 Å². The second-order valence-corrected chi connectivity index (χ2v) is 4.39. The van der Waals surface area contributed by atoms with Crippen LogP contribution in [-0.4, -0.2) is 11.4 Å². The van der Waals surface area contributed by atoms with Gasteiger partial charge in [-0.05, 0) is 35.8 Å². The van der Waals surface area contributed by atoms with Crippen LogP contribution in [0.25, 0.3) is 16.6 Å². The van der Waals surface area contributed by atoms with Gasteiger partial charge in [-0.3, -0.25) is 0 Å². The fourth-order valence-electron chi connectivity index (χ4n) is 2.02. The third-order valence-corrected chi connectivity index (χ3v) is 3.10. The van der Waals surface area contributed by atoms with Crippen LogP contribution in [0.5, 0.6) is 0 Å². The summed E-state index contributed by atoms with van der Waals surface area (Å²) in [7, 11) is 0. The Balaban J connectivity index is 2.56. The summed E-state index contributed by atoms with van der Waals surface area (Å²) < 4.78 is 0. The van der Waals surface area contributed by atoms with Crippen molar-refractivity contribution in [2.45, 2.75) is 6.92 Å². The summed E-state index contributed by atoms with van der Waals surface area (Å²) >= 11 is 0. The zero-order valence-corrected chi connectivity index (χ0v) is 11.5. The minimum absolute atomic E-state index is 0.575. The number of hydrogen-bond acceptors (Lipinski definition) is 3. The van der Waals surface area contributed by atoms with Gasteiger partial charge in [0.05, 0.1) is 10.8 Å². The molecule has 0 amide bonds. The van der Waals surface area contributed by atoms with Crippen molar-refractivity contribution in [2.75, 3.05) is 0 Å². The SMILES string of the molecule is [C-]#[N+]/N=C1/C=C(C)C(=NC#N)C=C1c1ccc(C=C)cc1. The average Bonchev–Trinajstić information content (AvgIpc) is 2.50. The summed E-state index contributed by atoms with van der Waals surface area (Å²) in [6.07, 6.45) is 7.11. The van der Waals surface area contributed by atoms with Crippen molar-refractivity contribution in [2.24, 2.45) is 10.1 Å². The Morgan fingerprint density at radius 3 is 2.52 bits per heavy atom. The van der Waals surface area contributed by atoms with Gasteiger partial charge in [0.25, 0.3) is 0 Å². The van der Waals surface area contributed by atoms with Crippen LogP contribution in [0.3, 0.4) is 0 Å². The largest absolute Gasteiger partial charge is 0.206 e. The van der Waals surface area contributed by atoms with E-state index in [1.54, 1.807) is 24.4 Å². The monoisotopic (exact) mass is 272 g/mol. The number of allylic oxidation sites excluding steroid dienone is 4. The molecule has 0 atom stereocenters. The van der Waals surface area contributed by atoms with Crippen LogP contribution < -0.4 is 0 Å². The number of hydrogen-bond donors (Lipinski definition) is 0. The highest BCUT2D eigenvalue weighted by Gasteiger charge is 2.18. The first-order valence-electron chi connectivity index (χ1n) is 6.24. The minimum atomic E-state index is 0.575. The normalized spacial score (nSPS) is 17.7. The van der Waals surface area contributed by atoms with E-state index in [4.69, 9.17) is 11.8 Å². The second-order valence-electron chi connectivity index (χ2n) is 4.39. The predicted octanol–water partition coefficient (Wildman–Crippen LogP) is 3.87. The molecule has 0 bridgehead atoms. The molecule has 0 spiro atoms. The predicted molar refractivity (Wildman–Crippen MR) is 85.4 cm³/mol. The molecule has 2 rings (SSSR count). The van der Waals surface area contributed by atoms with Gasteiger partial charge in [0.2, 0.25) is 6.19 Å². The molecule has 1 aliphatic rings. The smallest absolute Gasteiger partial charge is 0.181 e. The topological polar surface area (TPSA) is 52.9 Å². The third kappa shape index (κ3) is 3.02. The molecule has 4 nitrogen and oxygen atoms in total. The van der Waals surface area contributed by atoms with Crippen LogP contribution in [0, 0.1) is 18.0 Å². The number of nitriles is 1. The second kappa shape index (κ2) is 6.27. The number of aliphatic imine (C=N–C) groups is 1. The summed E-state index contributed by atoms with van der Waals surface area (Å²) in [5, 5.41) is 12.6. The summed E-state index contributed by atoms with van der Waals surface area (Å²) in [6, 6.07) is 7.73. The van der Waals surface area contributed by atoms with Gasteiger partial charge >= 0.3 is 0 Å². The molecule has 0 heterocycles. The fraction of sp³-hybridized carbons (Fsp3) is 0.0588. The Labute approximate surface area is 123 Å². The van der Waals surface area contributed by atoms with Crippen molar-refractivity contribution in [3.8, 4) is 6.19 Å². The highest BCUT2D eigenvalue weighted by Crippen LogP contribution is 2.24. The van der Waals surface area contributed by atoms with E-state index in [1.165, 1.54) is 0 Å². The lowest BCUT2D eigenvalue weighted by molar-refractivity contribution is 1.42. The van der Waals surface area contributed by atoms with E-state index in [-0.39, 0.29) is 0 Å². The summed E-state index contributed by atoms with van der Waals surface area (Å²) in [6.45, 7) is 12.5. The molecule has 0 saturated heterocycles. The van der Waals surface area contributed by atoms with Crippen molar-refractivity contribution in [1.82, 2.24) is 0 Å². The van der Waals surface area contributed by atoms with E-state index >= 15 is 0 Å². The van der Waals surface area contributed by atoms with E-state index in [1.807, 2.05) is 31.2 Å². The first-order valence-corrected chi connectivity index (χ1v) is 6.24. The third-order valence-electron chi connectivity index (χ3n) is 3.10. The summed E-state index contributed by atoms with van der Waals surface area (Å²) in [5.74, 6) is 0. The molecule has 21 heavy (non-hydrogen) atoms. The van der Waals surface area contributed by atoms with Gasteiger partial charge < -0.3 is 0 Å². The molecule has 4 heteroatoms. The van der Waals surface area contributed by atoms with Crippen molar-refractivity contribution in [3.63, 3.8) is 0 Å². The van der Waals surface area contributed by atoms with Gasteiger partial charge in [-0.1, -0.05) is 36.9 Å². The molecule has 0 saturated carbocycles. The number of rotatable bonds is 2. The Bertz CT molecular complexity index is 776. The quantitative estimate of drug-likeness (QED) is 0.349. The van der Waals surface area contributed by atoms with Crippen LogP contribution >= 0.6 is 0 Å². The average molecular weight is 272 g/mol. The molecule has 0 aromatic heterocycles. The Morgan fingerprint density at radius 1 is 1.24 bits per heavy atom. The van der Waals surface area contributed by atoms with Crippen molar-refractivity contribution >= 4 is 23.1 Å². The Morgan fingerprint density at radius 2 is 1.95 bits per heavy atom. The molecular formula is C17H12N4.